The van der Waals surface area contributed by atoms with Crippen LogP contribution in [-0.2, 0) is 10.0 Å². The number of hydrogen-bond donors (Lipinski definition) is 1. The molecule has 1 aliphatic rings. The summed E-state index contributed by atoms with van der Waals surface area (Å²) >= 11 is 1.23. The van der Waals surface area contributed by atoms with Crippen LogP contribution in [0.5, 0.6) is 5.75 Å². The van der Waals surface area contributed by atoms with Crippen molar-refractivity contribution in [3.05, 3.63) is 47.3 Å². The van der Waals surface area contributed by atoms with E-state index in [0.29, 0.717) is 17.4 Å². The van der Waals surface area contributed by atoms with E-state index in [1.807, 2.05) is 24.3 Å². The van der Waals surface area contributed by atoms with Crippen LogP contribution < -0.4 is 9.46 Å². The highest BCUT2D eigenvalue weighted by atomic mass is 32.2. The molecule has 0 aliphatic carbocycles. The molecule has 20 heavy (non-hydrogen) atoms. The van der Waals surface area contributed by atoms with Crippen LogP contribution in [0.25, 0.3) is 0 Å². The van der Waals surface area contributed by atoms with Gasteiger partial charge in [-0.3, -0.25) is 0 Å². The zero-order valence-corrected chi connectivity index (χ0v) is 12.4. The molecule has 1 aromatic heterocycles. The number of thiophene rings is 1. The summed E-state index contributed by atoms with van der Waals surface area (Å²) in [6.07, 6.45) is 0.823. The monoisotopic (exact) mass is 309 g/mol. The fourth-order valence-electron chi connectivity index (χ4n) is 2.33. The van der Waals surface area contributed by atoms with E-state index in [9.17, 15) is 8.42 Å². The van der Waals surface area contributed by atoms with E-state index in [1.165, 1.54) is 11.3 Å². The zero-order valence-electron chi connectivity index (χ0n) is 10.8. The van der Waals surface area contributed by atoms with Gasteiger partial charge in [-0.2, -0.15) is 0 Å². The summed E-state index contributed by atoms with van der Waals surface area (Å²) in [6.45, 7) is 1.03. The fourth-order valence-corrected chi connectivity index (χ4v) is 4.44. The van der Waals surface area contributed by atoms with Gasteiger partial charge in [0.2, 0.25) is 10.0 Å². The van der Waals surface area contributed by atoms with E-state index in [4.69, 9.17) is 4.74 Å². The lowest BCUT2D eigenvalue weighted by Crippen LogP contribution is -2.30. The highest BCUT2D eigenvalue weighted by Crippen LogP contribution is 2.33. The molecular weight excluding hydrogens is 294 g/mol. The second-order valence-electron chi connectivity index (χ2n) is 4.66. The van der Waals surface area contributed by atoms with Gasteiger partial charge in [-0.15, -0.1) is 11.3 Å². The highest BCUT2D eigenvalue weighted by molar-refractivity contribution is 7.91. The van der Waals surface area contributed by atoms with Crippen molar-refractivity contribution in [1.82, 2.24) is 4.72 Å². The molecule has 0 amide bonds. The average Bonchev–Trinajstić information content (AvgIpc) is 3.00. The Labute approximate surface area is 122 Å². The number of ether oxygens (including phenoxy) is 1. The lowest BCUT2D eigenvalue weighted by atomic mass is 9.93. The van der Waals surface area contributed by atoms with Gasteiger partial charge in [0.25, 0.3) is 0 Å². The van der Waals surface area contributed by atoms with Crippen LogP contribution in [0.1, 0.15) is 17.9 Å². The van der Waals surface area contributed by atoms with Gasteiger partial charge in [0.1, 0.15) is 9.96 Å². The summed E-state index contributed by atoms with van der Waals surface area (Å²) in [6, 6.07) is 11.2. The van der Waals surface area contributed by atoms with Crippen LogP contribution in [0.2, 0.25) is 0 Å². The zero-order chi connectivity index (χ0) is 14.0. The number of benzene rings is 1. The SMILES string of the molecule is O=S(=O)(NCC1CCOc2ccccc21)c1cccs1. The van der Waals surface area contributed by atoms with Crippen molar-refractivity contribution in [2.24, 2.45) is 0 Å². The summed E-state index contributed by atoms with van der Waals surface area (Å²) in [5.74, 6) is 1.02. The minimum atomic E-state index is -3.39. The van der Waals surface area contributed by atoms with Crippen molar-refractivity contribution < 1.29 is 13.2 Å². The Morgan fingerprint density at radius 2 is 2.10 bits per heavy atom. The minimum absolute atomic E-state index is 0.162. The molecule has 1 aliphatic heterocycles. The maximum Gasteiger partial charge on any atom is 0.250 e. The van der Waals surface area contributed by atoms with E-state index < -0.39 is 10.0 Å². The molecule has 0 saturated heterocycles. The molecule has 2 aromatic rings. The van der Waals surface area contributed by atoms with Gasteiger partial charge in [0.05, 0.1) is 6.61 Å². The van der Waals surface area contributed by atoms with Gasteiger partial charge < -0.3 is 4.74 Å². The van der Waals surface area contributed by atoms with E-state index in [-0.39, 0.29) is 5.92 Å². The average molecular weight is 309 g/mol. The first-order chi connectivity index (χ1) is 9.67. The number of rotatable bonds is 4. The Balaban J connectivity index is 1.74. The predicted octanol–water partition coefficient (Wildman–Crippen LogP) is 2.59. The third-order valence-electron chi connectivity index (χ3n) is 3.36. The van der Waals surface area contributed by atoms with Crippen LogP contribution in [0.15, 0.2) is 46.0 Å². The maximum atomic E-state index is 12.1. The van der Waals surface area contributed by atoms with Crippen molar-refractivity contribution in [3.63, 3.8) is 0 Å². The molecule has 0 saturated carbocycles. The van der Waals surface area contributed by atoms with E-state index in [2.05, 4.69) is 4.72 Å². The second-order valence-corrected chi connectivity index (χ2v) is 7.60. The Kier molecular flexibility index (Phi) is 3.78. The van der Waals surface area contributed by atoms with Crippen LogP contribution in [0.4, 0.5) is 0 Å². The minimum Gasteiger partial charge on any atom is -0.493 e. The molecule has 0 bridgehead atoms. The van der Waals surface area contributed by atoms with Crippen LogP contribution >= 0.6 is 11.3 Å². The Bertz CT molecular complexity index is 680. The molecule has 2 heterocycles. The summed E-state index contributed by atoms with van der Waals surface area (Å²) < 4.78 is 32.9. The first kappa shape index (κ1) is 13.6. The maximum absolute atomic E-state index is 12.1. The molecule has 6 heteroatoms. The predicted molar refractivity (Wildman–Crippen MR) is 78.8 cm³/mol. The molecule has 0 fully saturated rings. The van der Waals surface area contributed by atoms with Crippen molar-refractivity contribution in [2.45, 2.75) is 16.5 Å². The topological polar surface area (TPSA) is 55.4 Å². The largest absolute Gasteiger partial charge is 0.493 e. The molecule has 0 radical (unpaired) electrons. The summed E-state index contributed by atoms with van der Waals surface area (Å²) in [5, 5.41) is 1.76. The number of sulfonamides is 1. The van der Waals surface area contributed by atoms with Crippen molar-refractivity contribution >= 4 is 21.4 Å². The van der Waals surface area contributed by atoms with Gasteiger partial charge in [-0.1, -0.05) is 24.3 Å². The van der Waals surface area contributed by atoms with Crippen molar-refractivity contribution in [3.8, 4) is 5.75 Å². The van der Waals surface area contributed by atoms with Crippen molar-refractivity contribution in [1.29, 1.82) is 0 Å². The third-order valence-corrected chi connectivity index (χ3v) is 6.18. The van der Waals surface area contributed by atoms with Gasteiger partial charge in [-0.05, 0) is 29.5 Å². The van der Waals surface area contributed by atoms with Gasteiger partial charge >= 0.3 is 0 Å². The molecule has 3 rings (SSSR count). The normalized spacial score (nSPS) is 18.3. The van der Waals surface area contributed by atoms with Gasteiger partial charge in [-0.25, -0.2) is 13.1 Å². The van der Waals surface area contributed by atoms with Crippen LogP contribution in [0.3, 0.4) is 0 Å². The lowest BCUT2D eigenvalue weighted by molar-refractivity contribution is 0.267. The van der Waals surface area contributed by atoms with Crippen molar-refractivity contribution in [2.75, 3.05) is 13.2 Å². The molecular formula is C14H15NO3S2. The quantitative estimate of drug-likeness (QED) is 0.944. The van der Waals surface area contributed by atoms with E-state index in [0.717, 1.165) is 17.7 Å². The Morgan fingerprint density at radius 3 is 2.90 bits per heavy atom. The molecule has 1 aromatic carbocycles. The first-order valence-electron chi connectivity index (χ1n) is 6.42. The highest BCUT2D eigenvalue weighted by Gasteiger charge is 2.23. The number of nitrogens with one attached hydrogen (secondary N) is 1. The Morgan fingerprint density at radius 1 is 1.25 bits per heavy atom. The third kappa shape index (κ3) is 2.72. The van der Waals surface area contributed by atoms with E-state index >= 15 is 0 Å². The van der Waals surface area contributed by atoms with Crippen LogP contribution in [0, 0.1) is 0 Å². The summed E-state index contributed by atoms with van der Waals surface area (Å²) in [5.41, 5.74) is 1.08. The van der Waals surface area contributed by atoms with Gasteiger partial charge in [0.15, 0.2) is 0 Å². The molecule has 1 unspecified atom stereocenters. The summed E-state index contributed by atoms with van der Waals surface area (Å²) in [4.78, 5) is 0. The molecule has 1 N–H and O–H groups in total. The molecule has 106 valence electrons. The molecule has 4 nitrogen and oxygen atoms in total. The fraction of sp³-hybridized carbons (Fsp3) is 0.286. The number of hydrogen-bond acceptors (Lipinski definition) is 4. The van der Waals surface area contributed by atoms with E-state index in [1.54, 1.807) is 17.5 Å². The number of para-hydroxylation sites is 1. The summed E-state index contributed by atoms with van der Waals surface area (Å²) in [7, 11) is -3.39. The standard InChI is InChI=1S/C14H15NO3S2/c16-20(17,14-6-3-9-19-14)15-10-11-7-8-18-13-5-2-1-4-12(11)13/h1-6,9,11,15H,7-8,10H2. The smallest absolute Gasteiger partial charge is 0.250 e. The molecule has 1 atom stereocenters. The molecule has 0 spiro atoms. The van der Waals surface area contributed by atoms with Gasteiger partial charge in [0, 0.05) is 12.5 Å². The second kappa shape index (κ2) is 5.55. The van der Waals surface area contributed by atoms with Crippen LogP contribution in [-0.4, -0.2) is 21.6 Å². The first-order valence-corrected chi connectivity index (χ1v) is 8.78. The lowest BCUT2D eigenvalue weighted by Gasteiger charge is -2.25. The number of fused-ring (bicyclic) bond motifs is 1. The Hall–Kier alpha value is -1.37.